The van der Waals surface area contributed by atoms with Gasteiger partial charge in [0.2, 0.25) is 0 Å². The maximum Gasteiger partial charge on any atom is 0.297 e. The number of anilines is 1. The van der Waals surface area contributed by atoms with Gasteiger partial charge in [0, 0.05) is 0 Å². The summed E-state index contributed by atoms with van der Waals surface area (Å²) in [5, 5.41) is 2.49. The van der Waals surface area contributed by atoms with Gasteiger partial charge < -0.3 is 10.1 Å². The summed E-state index contributed by atoms with van der Waals surface area (Å²) in [5.41, 5.74) is 1.82. The number of amides is 1. The van der Waals surface area contributed by atoms with Crippen molar-refractivity contribution in [3.05, 3.63) is 23.3 Å². The first-order valence-corrected chi connectivity index (χ1v) is 4.18. The van der Waals surface area contributed by atoms with Gasteiger partial charge >= 0.3 is 0 Å². The minimum Gasteiger partial charge on any atom is -0.496 e. The molecule has 1 amide bonds. The average Bonchev–Trinajstić information content (AvgIpc) is 2.41. The molecule has 0 spiro atoms. The highest BCUT2D eigenvalue weighted by Gasteiger charge is 2.31. The Hall–Kier alpha value is -1.84. The van der Waals surface area contributed by atoms with Gasteiger partial charge in [0.05, 0.1) is 18.4 Å². The number of benzene rings is 1. The van der Waals surface area contributed by atoms with E-state index in [2.05, 4.69) is 5.32 Å². The Labute approximate surface area is 80.9 Å². The first-order valence-electron chi connectivity index (χ1n) is 4.18. The summed E-state index contributed by atoms with van der Waals surface area (Å²) in [6, 6.07) is 3.48. The van der Waals surface area contributed by atoms with Gasteiger partial charge in [-0.05, 0) is 24.6 Å². The lowest BCUT2D eigenvalue weighted by Crippen LogP contribution is -2.12. The molecular formula is C10H9NO3. The molecule has 0 saturated carbocycles. The van der Waals surface area contributed by atoms with Gasteiger partial charge in [-0.3, -0.25) is 9.59 Å². The van der Waals surface area contributed by atoms with Crippen LogP contribution in [0.2, 0.25) is 0 Å². The molecule has 4 heteroatoms. The Morgan fingerprint density at radius 3 is 2.64 bits per heavy atom. The normalized spacial score (nSPS) is 13.9. The number of nitrogens with one attached hydrogen (secondary N) is 1. The molecule has 0 bridgehead atoms. The van der Waals surface area contributed by atoms with Crippen molar-refractivity contribution >= 4 is 17.4 Å². The van der Waals surface area contributed by atoms with Gasteiger partial charge in [0.25, 0.3) is 11.7 Å². The molecule has 2 rings (SSSR count). The number of hydrogen-bond acceptors (Lipinski definition) is 3. The molecule has 0 radical (unpaired) electrons. The molecule has 1 heterocycles. The number of ether oxygens (including phenoxy) is 1. The molecule has 72 valence electrons. The fourth-order valence-electron chi connectivity index (χ4n) is 1.54. The Morgan fingerprint density at radius 2 is 2.00 bits per heavy atom. The highest BCUT2D eigenvalue weighted by molar-refractivity contribution is 6.52. The van der Waals surface area contributed by atoms with Gasteiger partial charge in [0.1, 0.15) is 5.75 Å². The van der Waals surface area contributed by atoms with Crippen molar-refractivity contribution < 1.29 is 14.3 Å². The predicted molar refractivity (Wildman–Crippen MR) is 50.7 cm³/mol. The lowest BCUT2D eigenvalue weighted by Gasteiger charge is -2.05. The Balaban J connectivity index is 2.68. The quantitative estimate of drug-likeness (QED) is 0.677. The van der Waals surface area contributed by atoms with Crippen molar-refractivity contribution in [2.45, 2.75) is 6.92 Å². The molecule has 1 aliphatic rings. The molecule has 1 aromatic rings. The van der Waals surface area contributed by atoms with Crippen LogP contribution >= 0.6 is 0 Å². The van der Waals surface area contributed by atoms with Crippen LogP contribution < -0.4 is 10.1 Å². The van der Waals surface area contributed by atoms with Gasteiger partial charge in [-0.25, -0.2) is 0 Å². The van der Waals surface area contributed by atoms with E-state index >= 15 is 0 Å². The van der Waals surface area contributed by atoms with Crippen LogP contribution in [0.4, 0.5) is 5.69 Å². The molecule has 1 N–H and O–H groups in total. The maximum atomic E-state index is 11.4. The third kappa shape index (κ3) is 1.08. The van der Waals surface area contributed by atoms with E-state index in [1.165, 1.54) is 7.11 Å². The Kier molecular flexibility index (Phi) is 1.77. The summed E-state index contributed by atoms with van der Waals surface area (Å²) in [4.78, 5) is 22.5. The second-order valence-corrected chi connectivity index (χ2v) is 3.17. The van der Waals surface area contributed by atoms with E-state index in [0.717, 1.165) is 5.56 Å². The molecule has 14 heavy (non-hydrogen) atoms. The van der Waals surface area contributed by atoms with Crippen LogP contribution in [0.3, 0.4) is 0 Å². The highest BCUT2D eigenvalue weighted by atomic mass is 16.5. The standard InChI is InChI=1S/C10H9NO3/c1-5-3-6-8(7(4-5)14-2)9(12)10(13)11-6/h3-4H,1-2H3,(H,11,12,13). The summed E-state index contributed by atoms with van der Waals surface area (Å²) in [6.45, 7) is 1.87. The first kappa shape index (κ1) is 8.74. The van der Waals surface area contributed by atoms with Crippen molar-refractivity contribution in [1.82, 2.24) is 0 Å². The number of aryl methyl sites for hydroxylation is 1. The largest absolute Gasteiger partial charge is 0.496 e. The van der Waals surface area contributed by atoms with E-state index in [1.54, 1.807) is 12.1 Å². The van der Waals surface area contributed by atoms with Crippen LogP contribution in [0.1, 0.15) is 15.9 Å². The lowest BCUT2D eigenvalue weighted by atomic mass is 10.1. The fraction of sp³-hybridized carbons (Fsp3) is 0.200. The van der Waals surface area contributed by atoms with E-state index in [9.17, 15) is 9.59 Å². The Bertz CT molecular complexity index is 437. The third-order valence-electron chi connectivity index (χ3n) is 2.15. The zero-order chi connectivity index (χ0) is 10.3. The molecule has 0 fully saturated rings. The summed E-state index contributed by atoms with van der Waals surface area (Å²) in [6.07, 6.45) is 0. The lowest BCUT2D eigenvalue weighted by molar-refractivity contribution is -0.112. The van der Waals surface area contributed by atoms with E-state index in [4.69, 9.17) is 4.74 Å². The van der Waals surface area contributed by atoms with Crippen molar-refractivity contribution in [2.75, 3.05) is 12.4 Å². The minimum atomic E-state index is -0.594. The maximum absolute atomic E-state index is 11.4. The van der Waals surface area contributed by atoms with E-state index < -0.39 is 11.7 Å². The van der Waals surface area contributed by atoms with Crippen molar-refractivity contribution in [3.63, 3.8) is 0 Å². The molecule has 1 aromatic carbocycles. The van der Waals surface area contributed by atoms with Gasteiger partial charge in [-0.15, -0.1) is 0 Å². The molecule has 0 atom stereocenters. The van der Waals surface area contributed by atoms with Gasteiger partial charge in [0.15, 0.2) is 0 Å². The molecule has 4 nitrogen and oxygen atoms in total. The zero-order valence-electron chi connectivity index (χ0n) is 7.88. The topological polar surface area (TPSA) is 55.4 Å². The summed E-state index contributed by atoms with van der Waals surface area (Å²) in [7, 11) is 1.48. The van der Waals surface area contributed by atoms with Gasteiger partial charge in [-0.1, -0.05) is 0 Å². The van der Waals surface area contributed by atoms with Crippen molar-refractivity contribution in [1.29, 1.82) is 0 Å². The van der Waals surface area contributed by atoms with Crippen LogP contribution in [-0.2, 0) is 4.79 Å². The van der Waals surface area contributed by atoms with Crippen LogP contribution in [0.25, 0.3) is 0 Å². The molecule has 1 aliphatic heterocycles. The third-order valence-corrected chi connectivity index (χ3v) is 2.15. The van der Waals surface area contributed by atoms with Crippen LogP contribution in [-0.4, -0.2) is 18.8 Å². The zero-order valence-corrected chi connectivity index (χ0v) is 7.88. The number of rotatable bonds is 1. The van der Waals surface area contributed by atoms with E-state index in [0.29, 0.717) is 17.0 Å². The predicted octanol–water partition coefficient (Wildman–Crippen LogP) is 1.14. The first-order chi connectivity index (χ1) is 6.63. The number of Topliss-reactive ketones (excluding diaryl/α,β-unsaturated/α-hetero) is 1. The monoisotopic (exact) mass is 191 g/mol. The summed E-state index contributed by atoms with van der Waals surface area (Å²) >= 11 is 0. The number of carbonyl (C=O) groups excluding carboxylic acids is 2. The number of hydrogen-bond donors (Lipinski definition) is 1. The molecule has 0 aromatic heterocycles. The summed E-state index contributed by atoms with van der Waals surface area (Å²) < 4.78 is 5.04. The second-order valence-electron chi connectivity index (χ2n) is 3.17. The highest BCUT2D eigenvalue weighted by Crippen LogP contribution is 2.32. The average molecular weight is 191 g/mol. The van der Waals surface area contributed by atoms with E-state index in [1.807, 2.05) is 6.92 Å². The molecular weight excluding hydrogens is 182 g/mol. The number of carbonyl (C=O) groups is 2. The SMILES string of the molecule is COc1cc(C)cc2c1C(=O)C(=O)N2. The Morgan fingerprint density at radius 1 is 1.29 bits per heavy atom. The minimum absolute atomic E-state index is 0.336. The molecule has 0 unspecified atom stereocenters. The van der Waals surface area contributed by atoms with Crippen LogP contribution in [0.5, 0.6) is 5.75 Å². The fourth-order valence-corrected chi connectivity index (χ4v) is 1.54. The van der Waals surface area contributed by atoms with E-state index in [-0.39, 0.29) is 0 Å². The van der Waals surface area contributed by atoms with Crippen LogP contribution in [0.15, 0.2) is 12.1 Å². The summed E-state index contributed by atoms with van der Waals surface area (Å²) in [5.74, 6) is -0.677. The number of fused-ring (bicyclic) bond motifs is 1. The molecule has 0 saturated heterocycles. The number of ketones is 1. The van der Waals surface area contributed by atoms with Crippen molar-refractivity contribution in [3.8, 4) is 5.75 Å². The second kappa shape index (κ2) is 2.83. The van der Waals surface area contributed by atoms with Gasteiger partial charge in [-0.2, -0.15) is 0 Å². The van der Waals surface area contributed by atoms with Crippen molar-refractivity contribution in [2.24, 2.45) is 0 Å². The smallest absolute Gasteiger partial charge is 0.297 e. The number of methoxy groups -OCH3 is 1. The van der Waals surface area contributed by atoms with Crippen LogP contribution in [0, 0.1) is 6.92 Å². The molecule has 0 aliphatic carbocycles.